The number of carbonyl (C=O) groups excluding carboxylic acids is 1. The summed E-state index contributed by atoms with van der Waals surface area (Å²) in [6, 6.07) is 3.76. The third-order valence-corrected chi connectivity index (χ3v) is 5.06. The van der Waals surface area contributed by atoms with Crippen LogP contribution in [-0.2, 0) is 18.9 Å². The maximum atomic E-state index is 12.3. The Balaban J connectivity index is 1.67. The molecule has 150 valence electrons. The lowest BCUT2D eigenvalue weighted by Crippen LogP contribution is -2.40. The van der Waals surface area contributed by atoms with Gasteiger partial charge in [-0.05, 0) is 44.1 Å². The van der Waals surface area contributed by atoms with Crippen LogP contribution < -0.4 is 16.6 Å². The lowest BCUT2D eigenvalue weighted by atomic mass is 10.1. The van der Waals surface area contributed by atoms with E-state index in [0.29, 0.717) is 6.54 Å². The van der Waals surface area contributed by atoms with Crippen molar-refractivity contribution in [3.05, 3.63) is 62.8 Å². The van der Waals surface area contributed by atoms with Gasteiger partial charge < -0.3 is 14.3 Å². The van der Waals surface area contributed by atoms with Crippen LogP contribution in [0.5, 0.6) is 0 Å². The van der Waals surface area contributed by atoms with Gasteiger partial charge in [-0.25, -0.2) is 4.79 Å². The van der Waals surface area contributed by atoms with Gasteiger partial charge in [0.25, 0.3) is 5.56 Å². The first-order valence-corrected chi connectivity index (χ1v) is 9.47. The second-order valence-electron chi connectivity index (χ2n) is 7.05. The van der Waals surface area contributed by atoms with E-state index in [2.05, 4.69) is 10.2 Å². The maximum absolute atomic E-state index is 12.3. The zero-order chi connectivity index (χ0) is 20.1. The third-order valence-electron chi connectivity index (χ3n) is 5.06. The first kappa shape index (κ1) is 19.9. The highest BCUT2D eigenvalue weighted by molar-refractivity contribution is 5.91. The molecule has 8 nitrogen and oxygen atoms in total. The van der Waals surface area contributed by atoms with Crippen molar-refractivity contribution in [1.29, 1.82) is 0 Å². The minimum Gasteiger partial charge on any atom is -0.468 e. The maximum Gasteiger partial charge on any atom is 0.330 e. The molecule has 8 heteroatoms. The summed E-state index contributed by atoms with van der Waals surface area (Å²) in [7, 11) is 2.97. The Kier molecular flexibility index (Phi) is 6.30. The molecule has 0 aliphatic carbocycles. The SMILES string of the molecule is Cn1cc(/C=C/C(=O)NCC(c2ccco2)N2CCCCC2)c(=O)n(C)c1=O. The van der Waals surface area contributed by atoms with Crippen LogP contribution in [0, 0.1) is 0 Å². The number of likely N-dealkylation sites (tertiary alicyclic amines) is 1. The van der Waals surface area contributed by atoms with Gasteiger partial charge in [-0.2, -0.15) is 0 Å². The Morgan fingerprint density at radius 1 is 1.25 bits per heavy atom. The van der Waals surface area contributed by atoms with E-state index in [1.807, 2.05) is 12.1 Å². The monoisotopic (exact) mass is 386 g/mol. The molecule has 0 aromatic carbocycles. The number of piperidine rings is 1. The predicted octanol–water partition coefficient (Wildman–Crippen LogP) is 1.03. The van der Waals surface area contributed by atoms with E-state index in [1.165, 1.54) is 36.4 Å². The van der Waals surface area contributed by atoms with E-state index in [1.54, 1.807) is 13.3 Å². The van der Waals surface area contributed by atoms with Crippen molar-refractivity contribution in [2.75, 3.05) is 19.6 Å². The van der Waals surface area contributed by atoms with Crippen LogP contribution in [0.25, 0.3) is 6.08 Å². The van der Waals surface area contributed by atoms with Gasteiger partial charge in [-0.3, -0.25) is 19.1 Å². The molecule has 1 fully saturated rings. The summed E-state index contributed by atoms with van der Waals surface area (Å²) in [6.45, 7) is 2.37. The van der Waals surface area contributed by atoms with Gasteiger partial charge in [0.1, 0.15) is 5.76 Å². The molecule has 3 heterocycles. The minimum absolute atomic E-state index is 0.0157. The largest absolute Gasteiger partial charge is 0.468 e. The van der Waals surface area contributed by atoms with E-state index >= 15 is 0 Å². The zero-order valence-corrected chi connectivity index (χ0v) is 16.3. The van der Waals surface area contributed by atoms with Crippen LogP contribution in [0.1, 0.15) is 36.6 Å². The van der Waals surface area contributed by atoms with Crippen LogP contribution in [-0.4, -0.2) is 39.6 Å². The number of aryl methyl sites for hydroxylation is 1. The van der Waals surface area contributed by atoms with E-state index < -0.39 is 11.2 Å². The van der Waals surface area contributed by atoms with E-state index in [-0.39, 0.29) is 17.5 Å². The van der Waals surface area contributed by atoms with E-state index in [4.69, 9.17) is 4.42 Å². The van der Waals surface area contributed by atoms with E-state index in [0.717, 1.165) is 36.3 Å². The van der Waals surface area contributed by atoms with Crippen molar-refractivity contribution in [1.82, 2.24) is 19.4 Å². The average molecular weight is 386 g/mol. The van der Waals surface area contributed by atoms with Gasteiger partial charge in [-0.1, -0.05) is 6.42 Å². The van der Waals surface area contributed by atoms with E-state index in [9.17, 15) is 14.4 Å². The number of carbonyl (C=O) groups is 1. The lowest BCUT2D eigenvalue weighted by molar-refractivity contribution is -0.116. The van der Waals surface area contributed by atoms with Gasteiger partial charge in [0, 0.05) is 32.9 Å². The van der Waals surface area contributed by atoms with Gasteiger partial charge in [0.05, 0.1) is 17.9 Å². The molecule has 1 saturated heterocycles. The number of nitrogens with one attached hydrogen (secondary N) is 1. The van der Waals surface area contributed by atoms with Gasteiger partial charge in [-0.15, -0.1) is 0 Å². The molecule has 1 atom stereocenters. The third kappa shape index (κ3) is 4.51. The summed E-state index contributed by atoms with van der Waals surface area (Å²) in [5.74, 6) is 0.530. The summed E-state index contributed by atoms with van der Waals surface area (Å²) in [5, 5.41) is 2.89. The molecular formula is C20H26N4O4. The topological polar surface area (TPSA) is 89.5 Å². The molecule has 0 bridgehead atoms. The Morgan fingerprint density at radius 2 is 2.00 bits per heavy atom. The molecule has 1 amide bonds. The molecule has 1 aliphatic rings. The average Bonchev–Trinajstić information content (AvgIpc) is 3.23. The van der Waals surface area contributed by atoms with Crippen LogP contribution in [0.3, 0.4) is 0 Å². The number of hydrogen-bond donors (Lipinski definition) is 1. The molecular weight excluding hydrogens is 360 g/mol. The van der Waals surface area contributed by atoms with Crippen LogP contribution >= 0.6 is 0 Å². The number of nitrogens with zero attached hydrogens (tertiary/aromatic N) is 3. The fraction of sp³-hybridized carbons (Fsp3) is 0.450. The fourth-order valence-electron chi connectivity index (χ4n) is 3.49. The highest BCUT2D eigenvalue weighted by Gasteiger charge is 2.24. The second kappa shape index (κ2) is 8.88. The van der Waals surface area contributed by atoms with Gasteiger partial charge >= 0.3 is 5.69 Å². The Hall–Kier alpha value is -2.87. The number of rotatable bonds is 6. The number of amides is 1. The smallest absolute Gasteiger partial charge is 0.330 e. The van der Waals surface area contributed by atoms with Gasteiger partial charge in [0.15, 0.2) is 0 Å². The van der Waals surface area contributed by atoms with Crippen molar-refractivity contribution in [3.8, 4) is 0 Å². The molecule has 0 radical (unpaired) electrons. The first-order chi connectivity index (χ1) is 13.5. The molecule has 1 N–H and O–H groups in total. The number of hydrogen-bond acceptors (Lipinski definition) is 5. The van der Waals surface area contributed by atoms with Crippen LogP contribution in [0.4, 0.5) is 0 Å². The molecule has 1 unspecified atom stereocenters. The highest BCUT2D eigenvalue weighted by Crippen LogP contribution is 2.24. The fourth-order valence-corrected chi connectivity index (χ4v) is 3.49. The highest BCUT2D eigenvalue weighted by atomic mass is 16.3. The molecule has 3 rings (SSSR count). The van der Waals surface area contributed by atoms with Crippen molar-refractivity contribution < 1.29 is 9.21 Å². The zero-order valence-electron chi connectivity index (χ0n) is 16.3. The van der Waals surface area contributed by atoms with Crippen LogP contribution in [0.15, 0.2) is 44.7 Å². The van der Waals surface area contributed by atoms with Crippen molar-refractivity contribution >= 4 is 12.0 Å². The van der Waals surface area contributed by atoms with Crippen molar-refractivity contribution in [2.45, 2.75) is 25.3 Å². The summed E-state index contributed by atoms with van der Waals surface area (Å²) in [4.78, 5) is 38.5. The Morgan fingerprint density at radius 3 is 2.68 bits per heavy atom. The lowest BCUT2D eigenvalue weighted by Gasteiger charge is -2.33. The first-order valence-electron chi connectivity index (χ1n) is 9.47. The second-order valence-corrected chi connectivity index (χ2v) is 7.05. The normalized spacial score (nSPS) is 16.4. The quantitative estimate of drug-likeness (QED) is 0.749. The molecule has 0 spiro atoms. The molecule has 2 aromatic rings. The van der Waals surface area contributed by atoms with Crippen LogP contribution in [0.2, 0.25) is 0 Å². The summed E-state index contributed by atoms with van der Waals surface area (Å²) >= 11 is 0. The molecule has 1 aliphatic heterocycles. The van der Waals surface area contributed by atoms with Gasteiger partial charge in [0.2, 0.25) is 5.91 Å². The molecule has 28 heavy (non-hydrogen) atoms. The Bertz CT molecular complexity index is 950. The summed E-state index contributed by atoms with van der Waals surface area (Å²) in [6.07, 6.45) is 9.32. The number of furan rings is 1. The van der Waals surface area contributed by atoms with Crippen molar-refractivity contribution in [2.24, 2.45) is 14.1 Å². The summed E-state index contributed by atoms with van der Waals surface area (Å²) < 4.78 is 7.90. The Labute approximate surface area is 163 Å². The standard InChI is InChI=1S/C20H26N4O4/c1-22-14-15(19(26)23(2)20(22)27)8-9-18(25)21-13-16(17-7-6-12-28-17)24-10-4-3-5-11-24/h6-9,12,14,16H,3-5,10-11,13H2,1-2H3,(H,21,25)/b9-8+. The minimum atomic E-state index is -0.436. The molecule has 0 saturated carbocycles. The summed E-state index contributed by atoms with van der Waals surface area (Å²) in [5.41, 5.74) is -0.568. The predicted molar refractivity (Wildman–Crippen MR) is 106 cm³/mol. The van der Waals surface area contributed by atoms with Crippen molar-refractivity contribution in [3.63, 3.8) is 0 Å². The molecule has 2 aromatic heterocycles. The number of aromatic nitrogens is 2.